The van der Waals surface area contributed by atoms with Crippen LogP contribution in [0, 0.1) is 0 Å². The summed E-state index contributed by atoms with van der Waals surface area (Å²) in [5, 5.41) is 45.5. The number of benzene rings is 3. The maximum absolute atomic E-state index is 13.3. The van der Waals surface area contributed by atoms with Gasteiger partial charge in [-0.3, -0.25) is 58.1 Å². The van der Waals surface area contributed by atoms with Crippen LogP contribution in [0.4, 0.5) is 34.9 Å². The lowest BCUT2D eigenvalue weighted by molar-refractivity contribution is -0.464. The van der Waals surface area contributed by atoms with Gasteiger partial charge in [0.15, 0.2) is 33.5 Å². The average Bonchev–Trinajstić information content (AvgIpc) is 0.830. The molecule has 0 unspecified atom stereocenters. The summed E-state index contributed by atoms with van der Waals surface area (Å²) >= 11 is 0. The molecule has 40 nitrogen and oxygen atoms in total. The Labute approximate surface area is 540 Å². The summed E-state index contributed by atoms with van der Waals surface area (Å²) in [5.41, 5.74) is 17.2. The molecule has 6 heterocycles. The number of carbonyl (C=O) groups is 9. The van der Waals surface area contributed by atoms with Gasteiger partial charge < -0.3 is 78.9 Å². The number of nitrogens with one attached hydrogen (secondary N) is 9. The summed E-state index contributed by atoms with van der Waals surface area (Å²) < 4.78 is 0. The molecule has 0 aliphatic rings. The molecule has 0 bridgehead atoms. The number of aliphatic carboxylic acids is 3. The van der Waals surface area contributed by atoms with Gasteiger partial charge in [0, 0.05) is 33.8 Å². The minimum absolute atomic E-state index is 0.0287. The van der Waals surface area contributed by atoms with Crippen molar-refractivity contribution >= 4 is 122 Å². The highest BCUT2D eigenvalue weighted by Gasteiger charge is 2.30. The SMILES string of the molecule is Nc1nc2ncc(CNc3ccc(C(=O)N[C@@H](CCC(=O)ON(OC(=O)CC[C@H](NC(=O)c4ccc(NCc5cnc6nc(N)[nH]c(=O)c6n5)cc4)C(=O)O)OC(=O)CC[C@H](NC(=O)c4ccc(NCc5cnc6nc(N)[nH]c(=O)c6n5)cc4)C(=O)O)C(=O)O)cc3)nc2c(=O)[nH]1. The van der Waals surface area contributed by atoms with Crippen LogP contribution in [0.5, 0.6) is 0 Å². The summed E-state index contributed by atoms with van der Waals surface area (Å²) in [5.74, 6) is -12.3. The van der Waals surface area contributed by atoms with Crippen molar-refractivity contribution in [1.82, 2.24) is 81.1 Å². The molecule has 0 saturated heterocycles. The molecule has 0 saturated carbocycles. The van der Waals surface area contributed by atoms with E-state index in [2.05, 4.69) is 91.7 Å². The zero-order chi connectivity index (χ0) is 69.4. The molecule has 6 aromatic heterocycles. The van der Waals surface area contributed by atoms with E-state index >= 15 is 0 Å². The molecule has 500 valence electrons. The van der Waals surface area contributed by atoms with Crippen molar-refractivity contribution in [3.8, 4) is 0 Å². The Kier molecular flexibility index (Phi) is 21.4. The van der Waals surface area contributed by atoms with Gasteiger partial charge in [-0.2, -0.15) is 15.0 Å². The van der Waals surface area contributed by atoms with Crippen molar-refractivity contribution in [1.29, 1.82) is 0 Å². The first-order valence-electron chi connectivity index (χ1n) is 28.5. The number of anilines is 6. The van der Waals surface area contributed by atoms with Gasteiger partial charge in [0.2, 0.25) is 23.2 Å². The highest BCUT2D eigenvalue weighted by atomic mass is 17.2. The minimum atomic E-state index is -1.78. The predicted molar refractivity (Wildman–Crippen MR) is 333 cm³/mol. The Morgan fingerprint density at radius 1 is 0.412 bits per heavy atom. The van der Waals surface area contributed by atoms with Crippen LogP contribution < -0.4 is 65.8 Å². The smallest absolute Gasteiger partial charge is 0.332 e. The predicted octanol–water partition coefficient (Wildman–Crippen LogP) is -0.684. The Balaban J connectivity index is 0.794. The molecule has 9 rings (SSSR count). The van der Waals surface area contributed by atoms with Crippen LogP contribution in [0.25, 0.3) is 33.5 Å². The molecule has 3 amide bonds. The number of rotatable bonds is 30. The van der Waals surface area contributed by atoms with E-state index in [0.717, 1.165) is 0 Å². The van der Waals surface area contributed by atoms with Gasteiger partial charge in [0.25, 0.3) is 34.4 Å². The lowest BCUT2D eigenvalue weighted by Gasteiger charge is -2.20. The number of carboxylic acid groups (broad SMARTS) is 3. The summed E-state index contributed by atoms with van der Waals surface area (Å²) in [7, 11) is 0. The fraction of sp³-hybridized carbons (Fsp3) is 0.211. The molecule has 0 fully saturated rings. The first kappa shape index (κ1) is 67.7. The maximum atomic E-state index is 13.3. The van der Waals surface area contributed by atoms with E-state index < -0.39 is 132 Å². The largest absolute Gasteiger partial charge is 0.480 e. The van der Waals surface area contributed by atoms with Crippen LogP contribution in [0.3, 0.4) is 0 Å². The van der Waals surface area contributed by atoms with Gasteiger partial charge in [-0.25, -0.2) is 44.3 Å². The fourth-order valence-electron chi connectivity index (χ4n) is 8.69. The highest BCUT2D eigenvalue weighted by molar-refractivity contribution is 5.98. The summed E-state index contributed by atoms with van der Waals surface area (Å²) in [4.78, 5) is 212. The number of aromatic amines is 3. The second kappa shape index (κ2) is 30.6. The van der Waals surface area contributed by atoms with Crippen molar-refractivity contribution < 1.29 is 73.0 Å². The second-order valence-corrected chi connectivity index (χ2v) is 20.6. The Hall–Kier alpha value is -13.7. The van der Waals surface area contributed by atoms with E-state index in [0.29, 0.717) is 34.1 Å². The number of hydrogen-bond acceptors (Lipinski definition) is 31. The Morgan fingerprint density at radius 2 is 0.670 bits per heavy atom. The van der Waals surface area contributed by atoms with Crippen LogP contribution in [0.1, 0.15) is 86.7 Å². The van der Waals surface area contributed by atoms with Crippen LogP contribution in [-0.2, 0) is 62.9 Å². The molecule has 0 radical (unpaired) electrons. The van der Waals surface area contributed by atoms with Crippen molar-refractivity contribution in [3.63, 3.8) is 0 Å². The van der Waals surface area contributed by atoms with Gasteiger partial charge in [-0.1, -0.05) is 0 Å². The molecular weight excluding hydrogens is 1280 g/mol. The van der Waals surface area contributed by atoms with E-state index in [1.807, 2.05) is 0 Å². The van der Waals surface area contributed by atoms with Gasteiger partial charge in [-0.15, -0.1) is 0 Å². The lowest BCUT2D eigenvalue weighted by Crippen LogP contribution is -2.42. The first-order chi connectivity index (χ1) is 46.4. The van der Waals surface area contributed by atoms with E-state index in [-0.39, 0.29) is 87.7 Å². The number of amides is 3. The lowest BCUT2D eigenvalue weighted by atomic mass is 10.1. The zero-order valence-corrected chi connectivity index (χ0v) is 49.9. The number of nitrogen functional groups attached to an aromatic ring is 3. The number of carbonyl (C=O) groups excluding carboxylic acids is 6. The summed E-state index contributed by atoms with van der Waals surface area (Å²) in [6.45, 7) is 0.212. The Bertz CT molecular complexity index is 4240. The van der Waals surface area contributed by atoms with Gasteiger partial charge >= 0.3 is 35.8 Å². The van der Waals surface area contributed by atoms with Crippen molar-refractivity contribution in [2.75, 3.05) is 33.2 Å². The molecule has 40 heteroatoms. The maximum Gasteiger partial charge on any atom is 0.332 e. The molecule has 18 N–H and O–H groups in total. The topological polar surface area (TPSA) is 610 Å². The molecule has 3 atom stereocenters. The fourth-order valence-corrected chi connectivity index (χ4v) is 8.69. The molecule has 0 aliphatic carbocycles. The van der Waals surface area contributed by atoms with Crippen molar-refractivity contribution in [3.05, 3.63) is 156 Å². The quantitative estimate of drug-likeness (QED) is 0.0248. The van der Waals surface area contributed by atoms with E-state index in [4.69, 9.17) is 31.7 Å². The van der Waals surface area contributed by atoms with Crippen molar-refractivity contribution in [2.24, 2.45) is 0 Å². The number of carboxylic acids is 3. The molecule has 0 aliphatic heterocycles. The monoisotopic (exact) mass is 1330 g/mol. The number of fused-ring (bicyclic) bond motifs is 3. The Morgan fingerprint density at radius 3 is 0.918 bits per heavy atom. The van der Waals surface area contributed by atoms with Crippen LogP contribution in [0.15, 0.2) is 106 Å². The molecule has 9 aromatic rings. The molecule has 0 spiro atoms. The van der Waals surface area contributed by atoms with E-state index in [1.54, 1.807) is 0 Å². The number of nitrogens with zero attached hydrogens (tertiary/aromatic N) is 10. The first-order valence-corrected chi connectivity index (χ1v) is 28.5. The zero-order valence-electron chi connectivity index (χ0n) is 49.9. The van der Waals surface area contributed by atoms with E-state index in [1.165, 1.54) is 91.4 Å². The standard InChI is InChI=1S/C57H54N22O18/c58-55-73-43-40(49(86)76-55)67-31(22-64-43)19-61-28-7-1-25(2-8-28)46(83)70-34(52(89)90)13-16-37(80)95-79(96-38(81)17-14-35(53(91)92)71-47(84)26-3-9-29(10-4-26)62-20-32-23-65-44-41(68-32)50(87)77-56(59)74-44)97-39(82)18-15-36(54(93)94)72-48(85)27-5-11-30(12-6-27)63-21-33-24-66-45-42(69-33)51(88)78-57(60)75-45/h1-12,22-24,34-36,61-63H,13-21H2,(H,70,83)(H,71,84)(H,72,85)(H,89,90)(H,91,92)(H,93,94)(H3,58,64,73,76,86)(H3,59,65,74,77,87)(H3,60,66,75,78,88)/t34-,35-,36-/m0/s1. The third-order valence-corrected chi connectivity index (χ3v) is 13.6. The van der Waals surface area contributed by atoms with Crippen molar-refractivity contribution in [2.45, 2.75) is 76.3 Å². The van der Waals surface area contributed by atoms with Gasteiger partial charge in [0.05, 0.1) is 74.6 Å². The molecular formula is C57H54N22O18. The van der Waals surface area contributed by atoms with Gasteiger partial charge in [0.1, 0.15) is 18.1 Å². The third-order valence-electron chi connectivity index (χ3n) is 13.6. The average molecular weight is 1340 g/mol. The number of aromatic nitrogens is 12. The van der Waals surface area contributed by atoms with Gasteiger partial charge in [-0.05, 0) is 92.1 Å². The molecule has 3 aromatic carbocycles. The van der Waals surface area contributed by atoms with Crippen LogP contribution in [-0.4, -0.2) is 152 Å². The number of nitrogens with two attached hydrogens (primary N) is 3. The number of H-pyrrole nitrogens is 3. The van der Waals surface area contributed by atoms with Crippen LogP contribution >= 0.6 is 0 Å². The minimum Gasteiger partial charge on any atom is -0.480 e. The van der Waals surface area contributed by atoms with E-state index in [9.17, 15) is 72.9 Å². The number of hydrogen-bond donors (Lipinski definition) is 15. The normalized spacial score (nSPS) is 12.0. The summed E-state index contributed by atoms with van der Waals surface area (Å²) in [6, 6.07) is 11.6. The highest BCUT2D eigenvalue weighted by Crippen LogP contribution is 2.18. The van der Waals surface area contributed by atoms with Crippen LogP contribution in [0.2, 0.25) is 0 Å². The second-order valence-electron chi connectivity index (χ2n) is 20.6. The summed E-state index contributed by atoms with van der Waals surface area (Å²) in [6.07, 6.45) is -0.639. The third kappa shape index (κ3) is 18.5. The molecule has 97 heavy (non-hydrogen) atoms.